The first-order valence-corrected chi connectivity index (χ1v) is 5.96. The van der Waals surface area contributed by atoms with Crippen molar-refractivity contribution >= 4 is 11.8 Å². The maximum absolute atomic E-state index is 4.51. The normalized spacial score (nSPS) is 21.6. The second-order valence-electron chi connectivity index (χ2n) is 3.91. The van der Waals surface area contributed by atoms with Crippen molar-refractivity contribution in [3.63, 3.8) is 0 Å². The first-order chi connectivity index (χ1) is 6.29. The van der Waals surface area contributed by atoms with E-state index in [0.29, 0.717) is 11.8 Å². The Morgan fingerprint density at radius 3 is 3.15 bits per heavy atom. The highest BCUT2D eigenvalue weighted by Gasteiger charge is 2.23. The van der Waals surface area contributed by atoms with E-state index < -0.39 is 0 Å². The molecule has 0 aliphatic carbocycles. The molecule has 2 heterocycles. The van der Waals surface area contributed by atoms with Gasteiger partial charge in [0.05, 0.1) is 0 Å². The van der Waals surface area contributed by atoms with Crippen LogP contribution in [0.3, 0.4) is 0 Å². The molecule has 0 bridgehead atoms. The zero-order chi connectivity index (χ0) is 9.26. The van der Waals surface area contributed by atoms with Gasteiger partial charge in [-0.05, 0) is 17.5 Å². The number of rotatable bonds is 1. The molecule has 1 nitrogen and oxygen atoms in total. The van der Waals surface area contributed by atoms with Crippen molar-refractivity contribution in [3.05, 3.63) is 29.6 Å². The van der Waals surface area contributed by atoms with E-state index in [9.17, 15) is 0 Å². The zero-order valence-electron chi connectivity index (χ0n) is 8.16. The molecule has 0 amide bonds. The molecular weight excluding hydrogens is 178 g/mol. The van der Waals surface area contributed by atoms with Crippen molar-refractivity contribution in [2.45, 2.75) is 25.5 Å². The maximum Gasteiger partial charge on any atom is 0.0485 e. The van der Waals surface area contributed by atoms with E-state index in [1.165, 1.54) is 17.0 Å². The van der Waals surface area contributed by atoms with Gasteiger partial charge in [0, 0.05) is 29.3 Å². The number of thioether (sulfide) groups is 1. The van der Waals surface area contributed by atoms with Gasteiger partial charge in [0.25, 0.3) is 0 Å². The third-order valence-electron chi connectivity index (χ3n) is 2.64. The van der Waals surface area contributed by atoms with Gasteiger partial charge in [-0.1, -0.05) is 19.9 Å². The van der Waals surface area contributed by atoms with Crippen molar-refractivity contribution in [2.24, 2.45) is 5.92 Å². The van der Waals surface area contributed by atoms with Gasteiger partial charge >= 0.3 is 0 Å². The average molecular weight is 193 g/mol. The lowest BCUT2D eigenvalue weighted by molar-refractivity contribution is 0.524. The highest BCUT2D eigenvalue weighted by Crippen LogP contribution is 2.35. The van der Waals surface area contributed by atoms with Crippen LogP contribution in [0.25, 0.3) is 0 Å². The molecule has 0 aromatic carbocycles. The van der Waals surface area contributed by atoms with Crippen molar-refractivity contribution in [3.8, 4) is 0 Å². The van der Waals surface area contributed by atoms with Crippen LogP contribution in [0, 0.1) is 5.92 Å². The summed E-state index contributed by atoms with van der Waals surface area (Å²) in [6, 6.07) is 4.26. The Morgan fingerprint density at radius 1 is 1.54 bits per heavy atom. The van der Waals surface area contributed by atoms with Crippen LogP contribution in [-0.2, 0) is 5.75 Å². The Hall–Kier alpha value is -0.500. The number of pyridine rings is 1. The van der Waals surface area contributed by atoms with E-state index >= 15 is 0 Å². The van der Waals surface area contributed by atoms with Crippen LogP contribution in [0.4, 0.5) is 0 Å². The van der Waals surface area contributed by atoms with Crippen molar-refractivity contribution in [1.29, 1.82) is 0 Å². The molecule has 0 radical (unpaired) electrons. The van der Waals surface area contributed by atoms with Gasteiger partial charge in [-0.25, -0.2) is 0 Å². The highest BCUT2D eigenvalue weighted by atomic mass is 32.2. The molecule has 13 heavy (non-hydrogen) atoms. The summed E-state index contributed by atoms with van der Waals surface area (Å²) < 4.78 is 0. The fourth-order valence-electron chi connectivity index (χ4n) is 1.79. The van der Waals surface area contributed by atoms with Gasteiger partial charge < -0.3 is 0 Å². The van der Waals surface area contributed by atoms with Crippen LogP contribution < -0.4 is 0 Å². The SMILES string of the molecule is CC(C)C1CSCc2cccnc21. The molecular formula is C11H15NS. The van der Waals surface area contributed by atoms with Crippen LogP contribution in [-0.4, -0.2) is 10.7 Å². The molecule has 1 atom stereocenters. The summed E-state index contributed by atoms with van der Waals surface area (Å²) in [7, 11) is 0. The Bertz CT molecular complexity index is 296. The lowest BCUT2D eigenvalue weighted by Gasteiger charge is -2.26. The minimum atomic E-state index is 0.662. The number of hydrogen-bond acceptors (Lipinski definition) is 2. The molecule has 1 aromatic rings. The number of fused-ring (bicyclic) bond motifs is 1. The third-order valence-corrected chi connectivity index (χ3v) is 3.75. The molecule has 0 fully saturated rings. The minimum absolute atomic E-state index is 0.662. The second kappa shape index (κ2) is 3.70. The van der Waals surface area contributed by atoms with Crippen LogP contribution in [0.1, 0.15) is 31.0 Å². The lowest BCUT2D eigenvalue weighted by Crippen LogP contribution is -2.17. The largest absolute Gasteiger partial charge is 0.261 e. The third kappa shape index (κ3) is 1.73. The summed E-state index contributed by atoms with van der Waals surface area (Å²) in [5.74, 6) is 3.75. The van der Waals surface area contributed by atoms with Crippen LogP contribution in [0.5, 0.6) is 0 Å². The standard InChI is InChI=1S/C11H15NS/c1-8(2)10-7-13-6-9-4-3-5-12-11(9)10/h3-5,8,10H,6-7H2,1-2H3. The molecule has 0 spiro atoms. The van der Waals surface area contributed by atoms with Gasteiger partial charge in [0.1, 0.15) is 0 Å². The maximum atomic E-state index is 4.51. The fourth-order valence-corrected chi connectivity index (χ4v) is 3.17. The van der Waals surface area contributed by atoms with E-state index in [2.05, 4.69) is 24.9 Å². The summed E-state index contributed by atoms with van der Waals surface area (Å²) in [6.07, 6.45) is 1.92. The highest BCUT2D eigenvalue weighted by molar-refractivity contribution is 7.98. The second-order valence-corrected chi connectivity index (χ2v) is 4.94. The van der Waals surface area contributed by atoms with Crippen LogP contribution in [0.15, 0.2) is 18.3 Å². The molecule has 1 aromatic heterocycles. The van der Waals surface area contributed by atoms with E-state index in [1.807, 2.05) is 24.0 Å². The average Bonchev–Trinajstić information content (AvgIpc) is 2.17. The van der Waals surface area contributed by atoms with Gasteiger partial charge in [-0.15, -0.1) is 0 Å². The Labute approximate surface area is 84.0 Å². The molecule has 1 aliphatic heterocycles. The molecule has 0 N–H and O–H groups in total. The summed E-state index contributed by atoms with van der Waals surface area (Å²) in [6.45, 7) is 4.57. The van der Waals surface area contributed by atoms with Crippen LogP contribution >= 0.6 is 11.8 Å². The van der Waals surface area contributed by atoms with Crippen molar-refractivity contribution in [1.82, 2.24) is 4.98 Å². The Kier molecular flexibility index (Phi) is 2.58. The smallest absolute Gasteiger partial charge is 0.0485 e. The molecule has 2 heteroatoms. The topological polar surface area (TPSA) is 12.9 Å². The molecule has 0 saturated carbocycles. The quantitative estimate of drug-likeness (QED) is 0.680. The van der Waals surface area contributed by atoms with Gasteiger partial charge in [0.2, 0.25) is 0 Å². The summed E-state index contributed by atoms with van der Waals surface area (Å²) in [5.41, 5.74) is 2.79. The lowest BCUT2D eigenvalue weighted by atomic mass is 9.91. The van der Waals surface area contributed by atoms with Gasteiger partial charge in [0.15, 0.2) is 0 Å². The summed E-state index contributed by atoms with van der Waals surface area (Å²) in [4.78, 5) is 4.51. The van der Waals surface area contributed by atoms with E-state index in [0.717, 1.165) is 5.75 Å². The molecule has 2 rings (SSSR count). The Balaban J connectivity index is 2.37. The zero-order valence-corrected chi connectivity index (χ0v) is 8.97. The first-order valence-electron chi connectivity index (χ1n) is 4.80. The summed E-state index contributed by atoms with van der Waals surface area (Å²) >= 11 is 2.03. The van der Waals surface area contributed by atoms with E-state index in [-0.39, 0.29) is 0 Å². The van der Waals surface area contributed by atoms with Gasteiger partial charge in [-0.3, -0.25) is 4.98 Å². The van der Waals surface area contributed by atoms with Crippen molar-refractivity contribution in [2.75, 3.05) is 5.75 Å². The van der Waals surface area contributed by atoms with E-state index in [4.69, 9.17) is 0 Å². The van der Waals surface area contributed by atoms with Gasteiger partial charge in [-0.2, -0.15) is 11.8 Å². The molecule has 0 saturated heterocycles. The predicted molar refractivity (Wildman–Crippen MR) is 58.0 cm³/mol. The van der Waals surface area contributed by atoms with Crippen LogP contribution in [0.2, 0.25) is 0 Å². The fraction of sp³-hybridized carbons (Fsp3) is 0.545. The minimum Gasteiger partial charge on any atom is -0.261 e. The molecule has 1 aliphatic rings. The first kappa shape index (κ1) is 9.07. The monoisotopic (exact) mass is 193 g/mol. The Morgan fingerprint density at radius 2 is 2.38 bits per heavy atom. The summed E-state index contributed by atoms with van der Waals surface area (Å²) in [5, 5.41) is 0. The number of nitrogens with zero attached hydrogens (tertiary/aromatic N) is 1. The molecule has 1 unspecified atom stereocenters. The molecule has 70 valence electrons. The number of hydrogen-bond donors (Lipinski definition) is 0. The number of aromatic nitrogens is 1. The predicted octanol–water partition coefficient (Wildman–Crippen LogP) is 3.07. The van der Waals surface area contributed by atoms with E-state index in [1.54, 1.807) is 0 Å². The van der Waals surface area contributed by atoms with Crippen molar-refractivity contribution < 1.29 is 0 Å².